The first-order valence-corrected chi connectivity index (χ1v) is 6.17. The van der Waals surface area contributed by atoms with Crippen molar-refractivity contribution in [2.24, 2.45) is 0 Å². The number of hydrogen-bond acceptors (Lipinski definition) is 2. The Kier molecular flexibility index (Phi) is 6.12. The summed E-state index contributed by atoms with van der Waals surface area (Å²) in [5.41, 5.74) is 2.77. The molecule has 0 bridgehead atoms. The van der Waals surface area contributed by atoms with Gasteiger partial charge in [-0.3, -0.25) is 0 Å². The Balaban J connectivity index is 2.49. The van der Waals surface area contributed by atoms with E-state index in [4.69, 9.17) is 0 Å². The zero-order valence-electron chi connectivity index (χ0n) is 10.8. The molecule has 1 aromatic carbocycles. The van der Waals surface area contributed by atoms with E-state index in [0.717, 1.165) is 13.1 Å². The van der Waals surface area contributed by atoms with Gasteiger partial charge in [0.15, 0.2) is 0 Å². The van der Waals surface area contributed by atoms with E-state index in [1.54, 1.807) is 0 Å². The van der Waals surface area contributed by atoms with E-state index in [1.807, 2.05) is 7.05 Å². The minimum atomic E-state index is 0.951. The lowest BCUT2D eigenvalue weighted by Crippen LogP contribution is -2.19. The number of benzene rings is 1. The second kappa shape index (κ2) is 7.42. The molecule has 0 heterocycles. The maximum Gasteiger partial charge on any atom is 0.0230 e. The zero-order chi connectivity index (χ0) is 11.8. The van der Waals surface area contributed by atoms with E-state index < -0.39 is 0 Å². The van der Waals surface area contributed by atoms with Gasteiger partial charge in [-0.1, -0.05) is 37.6 Å². The molecule has 1 rings (SSSR count). The number of nitrogens with zero attached hydrogens (tertiary/aromatic N) is 1. The highest BCUT2D eigenvalue weighted by Gasteiger charge is 2.00. The zero-order valence-corrected chi connectivity index (χ0v) is 10.8. The second-order valence-electron chi connectivity index (χ2n) is 4.44. The molecule has 0 atom stereocenters. The Bertz CT molecular complexity index is 297. The smallest absolute Gasteiger partial charge is 0.0230 e. The fourth-order valence-electron chi connectivity index (χ4n) is 1.86. The Morgan fingerprint density at radius 2 is 2.00 bits per heavy atom. The van der Waals surface area contributed by atoms with Crippen LogP contribution in [0.3, 0.4) is 0 Å². The molecule has 0 unspecified atom stereocenters. The van der Waals surface area contributed by atoms with Crippen LogP contribution in [0.15, 0.2) is 24.3 Å². The first kappa shape index (κ1) is 13.2. The van der Waals surface area contributed by atoms with Gasteiger partial charge in [-0.15, -0.1) is 0 Å². The summed E-state index contributed by atoms with van der Waals surface area (Å²) < 4.78 is 0. The van der Waals surface area contributed by atoms with Crippen LogP contribution >= 0.6 is 0 Å². The summed E-state index contributed by atoms with van der Waals surface area (Å²) in [5.74, 6) is 0. The summed E-state index contributed by atoms with van der Waals surface area (Å²) in [7, 11) is 4.18. The molecule has 16 heavy (non-hydrogen) atoms. The molecule has 0 aliphatic carbocycles. The molecule has 2 heteroatoms. The van der Waals surface area contributed by atoms with Crippen molar-refractivity contribution in [1.29, 1.82) is 0 Å². The van der Waals surface area contributed by atoms with Crippen molar-refractivity contribution in [3.05, 3.63) is 35.4 Å². The van der Waals surface area contributed by atoms with Gasteiger partial charge in [0.05, 0.1) is 0 Å². The molecular weight excluding hydrogens is 196 g/mol. The Hall–Kier alpha value is -0.860. The van der Waals surface area contributed by atoms with Gasteiger partial charge in [-0.25, -0.2) is 0 Å². The normalized spacial score (nSPS) is 11.0. The van der Waals surface area contributed by atoms with Crippen molar-refractivity contribution in [2.75, 3.05) is 20.6 Å². The lowest BCUT2D eigenvalue weighted by atomic mass is 10.1. The van der Waals surface area contributed by atoms with Crippen LogP contribution in [0, 0.1) is 0 Å². The van der Waals surface area contributed by atoms with Gasteiger partial charge in [-0.05, 0) is 38.2 Å². The molecule has 0 spiro atoms. The molecule has 0 saturated carbocycles. The third-order valence-electron chi connectivity index (χ3n) is 2.72. The molecule has 0 aliphatic rings. The van der Waals surface area contributed by atoms with Gasteiger partial charge < -0.3 is 10.2 Å². The maximum atomic E-state index is 3.19. The van der Waals surface area contributed by atoms with E-state index in [2.05, 4.69) is 48.5 Å². The minimum absolute atomic E-state index is 0.951. The van der Waals surface area contributed by atoms with Crippen LogP contribution in [0.4, 0.5) is 0 Å². The lowest BCUT2D eigenvalue weighted by molar-refractivity contribution is 0.321. The molecule has 0 aromatic heterocycles. The monoisotopic (exact) mass is 220 g/mol. The predicted octanol–water partition coefficient (Wildman–Crippen LogP) is 2.64. The van der Waals surface area contributed by atoms with Gasteiger partial charge in [0.2, 0.25) is 0 Å². The summed E-state index contributed by atoms with van der Waals surface area (Å²) in [5, 5.41) is 3.19. The number of hydrogen-bond donors (Lipinski definition) is 1. The topological polar surface area (TPSA) is 15.3 Å². The van der Waals surface area contributed by atoms with Gasteiger partial charge >= 0.3 is 0 Å². The van der Waals surface area contributed by atoms with E-state index in [0.29, 0.717) is 0 Å². The van der Waals surface area contributed by atoms with Crippen LogP contribution in [-0.2, 0) is 13.1 Å². The minimum Gasteiger partial charge on any atom is -0.316 e. The van der Waals surface area contributed by atoms with Gasteiger partial charge in [0.1, 0.15) is 0 Å². The summed E-state index contributed by atoms with van der Waals surface area (Å²) in [6.45, 7) is 5.43. The van der Waals surface area contributed by atoms with Crippen LogP contribution in [0.5, 0.6) is 0 Å². The summed E-state index contributed by atoms with van der Waals surface area (Å²) in [4.78, 5) is 2.39. The van der Waals surface area contributed by atoms with E-state index in [9.17, 15) is 0 Å². The van der Waals surface area contributed by atoms with Gasteiger partial charge in [-0.2, -0.15) is 0 Å². The van der Waals surface area contributed by atoms with Crippen molar-refractivity contribution in [3.63, 3.8) is 0 Å². The van der Waals surface area contributed by atoms with Crippen molar-refractivity contribution in [3.8, 4) is 0 Å². The average molecular weight is 220 g/mol. The van der Waals surface area contributed by atoms with E-state index in [-0.39, 0.29) is 0 Å². The van der Waals surface area contributed by atoms with Crippen molar-refractivity contribution in [1.82, 2.24) is 10.2 Å². The lowest BCUT2D eigenvalue weighted by Gasteiger charge is -2.16. The standard InChI is InChI=1S/C14H24N2/c1-4-5-9-16(3)12-14-8-6-7-13(10-14)11-15-2/h6-8,10,15H,4-5,9,11-12H2,1-3H3. The van der Waals surface area contributed by atoms with E-state index in [1.165, 1.54) is 30.5 Å². The predicted molar refractivity (Wildman–Crippen MR) is 70.4 cm³/mol. The highest BCUT2D eigenvalue weighted by Crippen LogP contribution is 2.08. The largest absolute Gasteiger partial charge is 0.316 e. The summed E-state index contributed by atoms with van der Waals surface area (Å²) in [6, 6.07) is 8.82. The first-order valence-electron chi connectivity index (χ1n) is 6.17. The molecule has 90 valence electrons. The number of nitrogens with one attached hydrogen (secondary N) is 1. The van der Waals surface area contributed by atoms with Gasteiger partial charge in [0.25, 0.3) is 0 Å². The van der Waals surface area contributed by atoms with Crippen molar-refractivity contribution in [2.45, 2.75) is 32.9 Å². The Labute approximate surface area is 99.7 Å². The molecule has 0 radical (unpaired) electrons. The van der Waals surface area contributed by atoms with Crippen LogP contribution in [0.25, 0.3) is 0 Å². The van der Waals surface area contributed by atoms with Crippen molar-refractivity contribution < 1.29 is 0 Å². The average Bonchev–Trinajstić information content (AvgIpc) is 2.27. The molecule has 0 amide bonds. The SMILES string of the molecule is CCCCN(C)Cc1cccc(CNC)c1. The molecule has 1 aromatic rings. The third kappa shape index (κ3) is 4.77. The Morgan fingerprint density at radius 1 is 1.25 bits per heavy atom. The van der Waals surface area contributed by atoms with E-state index >= 15 is 0 Å². The number of unbranched alkanes of at least 4 members (excludes halogenated alkanes) is 1. The van der Waals surface area contributed by atoms with Crippen LogP contribution in [-0.4, -0.2) is 25.5 Å². The maximum absolute atomic E-state index is 3.19. The highest BCUT2D eigenvalue weighted by atomic mass is 15.1. The summed E-state index contributed by atoms with van der Waals surface area (Å²) in [6.07, 6.45) is 2.55. The first-order chi connectivity index (χ1) is 7.76. The molecule has 1 N–H and O–H groups in total. The summed E-state index contributed by atoms with van der Waals surface area (Å²) >= 11 is 0. The number of rotatable bonds is 7. The third-order valence-corrected chi connectivity index (χ3v) is 2.72. The fourth-order valence-corrected chi connectivity index (χ4v) is 1.86. The molecule has 0 saturated heterocycles. The molecular formula is C14H24N2. The van der Waals surface area contributed by atoms with Crippen LogP contribution in [0.2, 0.25) is 0 Å². The van der Waals surface area contributed by atoms with Crippen LogP contribution in [0.1, 0.15) is 30.9 Å². The second-order valence-corrected chi connectivity index (χ2v) is 4.44. The molecule has 2 nitrogen and oxygen atoms in total. The molecule has 0 aliphatic heterocycles. The fraction of sp³-hybridized carbons (Fsp3) is 0.571. The van der Waals surface area contributed by atoms with Gasteiger partial charge in [0, 0.05) is 13.1 Å². The quantitative estimate of drug-likeness (QED) is 0.760. The highest BCUT2D eigenvalue weighted by molar-refractivity contribution is 5.23. The van der Waals surface area contributed by atoms with Crippen LogP contribution < -0.4 is 5.32 Å². The molecule has 0 fully saturated rings. The Morgan fingerprint density at radius 3 is 2.69 bits per heavy atom. The van der Waals surface area contributed by atoms with Crippen molar-refractivity contribution >= 4 is 0 Å².